The van der Waals surface area contributed by atoms with E-state index in [1.54, 1.807) is 0 Å². The van der Waals surface area contributed by atoms with Crippen LogP contribution in [-0.2, 0) is 0 Å². The van der Waals surface area contributed by atoms with Crippen LogP contribution in [0, 0.1) is 29.6 Å². The first-order valence-electron chi connectivity index (χ1n) is 5.21. The van der Waals surface area contributed by atoms with Crippen molar-refractivity contribution in [3.63, 3.8) is 0 Å². The molecule has 0 aromatic heterocycles. The zero-order chi connectivity index (χ0) is 9.09. The lowest BCUT2D eigenvalue weighted by Crippen LogP contribution is -2.66. The van der Waals surface area contributed by atoms with E-state index in [9.17, 15) is 0 Å². The van der Waals surface area contributed by atoms with Crippen molar-refractivity contribution >= 4 is 0 Å². The van der Waals surface area contributed by atoms with E-state index < -0.39 is 0 Å². The van der Waals surface area contributed by atoms with Crippen LogP contribution in [0.4, 0.5) is 0 Å². The van der Waals surface area contributed by atoms with Gasteiger partial charge in [-0.3, -0.25) is 0 Å². The summed E-state index contributed by atoms with van der Waals surface area (Å²) in [6.45, 7) is 9.10. The van der Waals surface area contributed by atoms with Gasteiger partial charge in [0.25, 0.3) is 0 Å². The van der Waals surface area contributed by atoms with Crippen molar-refractivity contribution in [3.8, 4) is 0 Å². The van der Waals surface area contributed by atoms with Gasteiger partial charge in [-0.15, -0.1) is 0 Å². The Morgan fingerprint density at radius 1 is 1.08 bits per heavy atom. The minimum absolute atomic E-state index is 0.0570. The molecule has 1 nitrogen and oxygen atoms in total. The van der Waals surface area contributed by atoms with Gasteiger partial charge in [-0.25, -0.2) is 0 Å². The fraction of sp³-hybridized carbons (Fsp3) is 1.00. The smallest absolute Gasteiger partial charge is 0.00999 e. The van der Waals surface area contributed by atoms with Crippen LogP contribution in [0.3, 0.4) is 0 Å². The van der Waals surface area contributed by atoms with Gasteiger partial charge in [-0.1, -0.05) is 13.8 Å². The van der Waals surface area contributed by atoms with Crippen molar-refractivity contribution in [2.45, 2.75) is 39.7 Å². The Balaban J connectivity index is 1.89. The van der Waals surface area contributed by atoms with Gasteiger partial charge in [0.05, 0.1) is 0 Å². The maximum absolute atomic E-state index is 6.02. The molecule has 0 aromatic rings. The van der Waals surface area contributed by atoms with Crippen LogP contribution in [0.1, 0.15) is 34.1 Å². The van der Waals surface area contributed by atoms with E-state index in [4.69, 9.17) is 5.73 Å². The van der Waals surface area contributed by atoms with Gasteiger partial charge >= 0.3 is 0 Å². The highest BCUT2D eigenvalue weighted by Crippen LogP contribution is 2.68. The first-order chi connectivity index (χ1) is 5.42. The second kappa shape index (κ2) is 2.25. The summed E-state index contributed by atoms with van der Waals surface area (Å²) in [4.78, 5) is 0. The van der Waals surface area contributed by atoms with Crippen molar-refractivity contribution in [3.05, 3.63) is 0 Å². The first kappa shape index (κ1) is 8.55. The second-order valence-electron chi connectivity index (χ2n) is 5.73. The Morgan fingerprint density at radius 2 is 1.50 bits per heavy atom. The molecule has 0 saturated heterocycles. The zero-order valence-corrected chi connectivity index (χ0v) is 8.67. The summed E-state index contributed by atoms with van der Waals surface area (Å²) in [6, 6.07) is 0. The molecule has 3 aliphatic carbocycles. The van der Waals surface area contributed by atoms with E-state index in [0.717, 1.165) is 29.6 Å². The van der Waals surface area contributed by atoms with Crippen LogP contribution in [-0.4, -0.2) is 5.54 Å². The monoisotopic (exact) mass is 167 g/mol. The molecule has 3 saturated carbocycles. The largest absolute Gasteiger partial charge is 0.326 e. The predicted octanol–water partition coefficient (Wildman–Crippen LogP) is 2.26. The van der Waals surface area contributed by atoms with Crippen LogP contribution in [0.2, 0.25) is 0 Å². The van der Waals surface area contributed by atoms with Crippen LogP contribution in [0.15, 0.2) is 0 Å². The average Bonchev–Trinajstić information content (AvgIpc) is 1.83. The van der Waals surface area contributed by atoms with Gasteiger partial charge in [0.2, 0.25) is 0 Å². The van der Waals surface area contributed by atoms with E-state index in [0.29, 0.717) is 0 Å². The van der Waals surface area contributed by atoms with Crippen molar-refractivity contribution < 1.29 is 0 Å². The molecule has 2 bridgehead atoms. The molecule has 70 valence electrons. The molecule has 0 spiro atoms. The Bertz CT molecular complexity index is 170. The van der Waals surface area contributed by atoms with E-state index in [1.165, 1.54) is 6.42 Å². The highest BCUT2D eigenvalue weighted by molar-refractivity contribution is 5.12. The fourth-order valence-corrected chi connectivity index (χ4v) is 3.73. The molecule has 3 fully saturated rings. The number of hydrogen-bond acceptors (Lipinski definition) is 1. The van der Waals surface area contributed by atoms with Gasteiger partial charge in [0, 0.05) is 5.54 Å². The summed E-state index contributed by atoms with van der Waals surface area (Å²) in [6.07, 6.45) is 1.23. The minimum Gasteiger partial charge on any atom is -0.326 e. The molecular weight excluding hydrogens is 146 g/mol. The Labute approximate surface area is 75.7 Å². The van der Waals surface area contributed by atoms with E-state index in [-0.39, 0.29) is 5.54 Å². The summed E-state index contributed by atoms with van der Waals surface area (Å²) in [5.41, 5.74) is 6.08. The van der Waals surface area contributed by atoms with Crippen LogP contribution in [0.5, 0.6) is 0 Å². The molecule has 0 aliphatic heterocycles. The third-order valence-electron chi connectivity index (χ3n) is 4.18. The van der Waals surface area contributed by atoms with Crippen LogP contribution in [0.25, 0.3) is 0 Å². The van der Waals surface area contributed by atoms with Gasteiger partial charge in [0.1, 0.15) is 0 Å². The van der Waals surface area contributed by atoms with Crippen LogP contribution < -0.4 is 5.73 Å². The van der Waals surface area contributed by atoms with E-state index in [2.05, 4.69) is 27.7 Å². The SMILES string of the molecule is CC1C2C(C)C1C2CC(C)(C)N. The fourth-order valence-electron chi connectivity index (χ4n) is 3.73. The summed E-state index contributed by atoms with van der Waals surface area (Å²) in [5.74, 6) is 5.00. The summed E-state index contributed by atoms with van der Waals surface area (Å²) >= 11 is 0. The lowest BCUT2D eigenvalue weighted by molar-refractivity contribution is -0.222. The van der Waals surface area contributed by atoms with Crippen molar-refractivity contribution in [2.75, 3.05) is 0 Å². The van der Waals surface area contributed by atoms with Gasteiger partial charge in [-0.05, 0) is 49.9 Å². The minimum atomic E-state index is 0.0570. The van der Waals surface area contributed by atoms with Crippen molar-refractivity contribution in [1.82, 2.24) is 0 Å². The molecule has 12 heavy (non-hydrogen) atoms. The van der Waals surface area contributed by atoms with Crippen molar-refractivity contribution in [2.24, 2.45) is 35.3 Å². The normalized spacial score (nSPS) is 51.2. The molecule has 0 radical (unpaired) electrons. The standard InChI is InChI=1S/C11H21N/c1-6-9-7(2)10(6)8(9)5-11(3,4)12/h6-10H,5,12H2,1-4H3. The topological polar surface area (TPSA) is 26.0 Å². The predicted molar refractivity (Wildman–Crippen MR) is 51.7 cm³/mol. The highest BCUT2D eigenvalue weighted by Gasteiger charge is 2.64. The quantitative estimate of drug-likeness (QED) is 0.670. The molecular formula is C11H21N. The van der Waals surface area contributed by atoms with Gasteiger partial charge in [-0.2, -0.15) is 0 Å². The second-order valence-corrected chi connectivity index (χ2v) is 5.73. The molecule has 0 aromatic carbocycles. The van der Waals surface area contributed by atoms with E-state index >= 15 is 0 Å². The molecule has 2 N–H and O–H groups in total. The molecule has 0 amide bonds. The third-order valence-corrected chi connectivity index (χ3v) is 4.18. The highest BCUT2D eigenvalue weighted by atomic mass is 14.8. The Kier molecular flexibility index (Phi) is 1.61. The maximum atomic E-state index is 6.02. The Morgan fingerprint density at radius 3 is 1.75 bits per heavy atom. The van der Waals surface area contributed by atoms with Gasteiger partial charge < -0.3 is 5.73 Å². The van der Waals surface area contributed by atoms with E-state index in [1.807, 2.05) is 0 Å². The summed E-state index contributed by atoms with van der Waals surface area (Å²) in [5, 5.41) is 0. The first-order valence-corrected chi connectivity index (χ1v) is 5.21. The number of nitrogens with two attached hydrogens (primary N) is 1. The number of hydrogen-bond donors (Lipinski definition) is 1. The third kappa shape index (κ3) is 0.953. The molecule has 3 rings (SSSR count). The van der Waals surface area contributed by atoms with Crippen LogP contribution >= 0.6 is 0 Å². The summed E-state index contributed by atoms with van der Waals surface area (Å²) in [7, 11) is 0. The maximum Gasteiger partial charge on any atom is 0.00999 e. The number of rotatable bonds is 2. The molecule has 0 heterocycles. The van der Waals surface area contributed by atoms with Gasteiger partial charge in [0.15, 0.2) is 0 Å². The Hall–Kier alpha value is -0.0400. The summed E-state index contributed by atoms with van der Waals surface area (Å²) < 4.78 is 0. The molecule has 3 aliphatic rings. The molecule has 0 unspecified atom stereocenters. The lowest BCUT2D eigenvalue weighted by atomic mass is 9.35. The zero-order valence-electron chi connectivity index (χ0n) is 8.67. The van der Waals surface area contributed by atoms with Crippen molar-refractivity contribution in [1.29, 1.82) is 0 Å². The molecule has 0 atom stereocenters. The average molecular weight is 167 g/mol. The molecule has 1 heteroatoms. The lowest BCUT2D eigenvalue weighted by Gasteiger charge is -2.70.